The number of benzene rings is 1. The maximum absolute atomic E-state index is 11.6. The van der Waals surface area contributed by atoms with Gasteiger partial charge in [0, 0.05) is 5.56 Å². The van der Waals surface area contributed by atoms with Gasteiger partial charge in [0.05, 0.1) is 32.7 Å². The van der Waals surface area contributed by atoms with Crippen LogP contribution in [0.15, 0.2) is 18.2 Å². The van der Waals surface area contributed by atoms with Gasteiger partial charge >= 0.3 is 6.09 Å². The second-order valence-corrected chi connectivity index (χ2v) is 4.86. The molecule has 0 aliphatic rings. The number of aromatic amines is 1. The van der Waals surface area contributed by atoms with Crippen molar-refractivity contribution in [3.8, 4) is 22.8 Å². The van der Waals surface area contributed by atoms with Crippen LogP contribution in [0.3, 0.4) is 0 Å². The minimum Gasteiger partial charge on any atom is -0.493 e. The van der Waals surface area contributed by atoms with E-state index in [1.807, 2.05) is 12.1 Å². The van der Waals surface area contributed by atoms with Gasteiger partial charge in [-0.05, 0) is 24.6 Å². The largest absolute Gasteiger partial charge is 0.493 e. The zero-order valence-corrected chi connectivity index (χ0v) is 13.7. The number of rotatable bonds is 6. The van der Waals surface area contributed by atoms with Crippen molar-refractivity contribution >= 4 is 11.8 Å². The first-order valence-electron chi connectivity index (χ1n) is 7.29. The maximum Gasteiger partial charge on any atom is 0.411 e. The molecule has 0 aliphatic heterocycles. The molecular formula is C16H21N3O4. The van der Waals surface area contributed by atoms with Crippen LogP contribution in [0.2, 0.25) is 0 Å². The molecule has 0 spiro atoms. The van der Waals surface area contributed by atoms with Crippen molar-refractivity contribution in [1.82, 2.24) is 10.2 Å². The third kappa shape index (κ3) is 3.56. The van der Waals surface area contributed by atoms with Crippen LogP contribution in [0.25, 0.3) is 11.3 Å². The molecule has 1 aromatic heterocycles. The molecule has 0 radical (unpaired) electrons. The maximum atomic E-state index is 11.6. The second kappa shape index (κ2) is 7.53. The third-order valence-electron chi connectivity index (χ3n) is 3.41. The SMILES string of the molecule is CCCc1[nH]nc(-c2ccc(OC)c(OC)c2)c1NC(=O)OC. The van der Waals surface area contributed by atoms with E-state index in [1.165, 1.54) is 7.11 Å². The lowest BCUT2D eigenvalue weighted by atomic mass is 10.1. The second-order valence-electron chi connectivity index (χ2n) is 4.86. The van der Waals surface area contributed by atoms with Crippen LogP contribution in [0.5, 0.6) is 11.5 Å². The highest BCUT2D eigenvalue weighted by molar-refractivity contribution is 5.91. The quantitative estimate of drug-likeness (QED) is 0.854. The summed E-state index contributed by atoms with van der Waals surface area (Å²) in [5.41, 5.74) is 2.89. The van der Waals surface area contributed by atoms with E-state index in [2.05, 4.69) is 22.4 Å². The van der Waals surface area contributed by atoms with Crippen molar-refractivity contribution in [2.75, 3.05) is 26.6 Å². The molecule has 0 saturated carbocycles. The molecule has 2 aromatic rings. The molecule has 0 atom stereocenters. The Hall–Kier alpha value is -2.70. The Kier molecular flexibility index (Phi) is 5.46. The van der Waals surface area contributed by atoms with Crippen LogP contribution in [0.1, 0.15) is 19.0 Å². The number of aromatic nitrogens is 2. The van der Waals surface area contributed by atoms with Crippen molar-refractivity contribution in [2.45, 2.75) is 19.8 Å². The summed E-state index contributed by atoms with van der Waals surface area (Å²) in [5, 5.41) is 10.0. The van der Waals surface area contributed by atoms with Gasteiger partial charge in [-0.2, -0.15) is 5.10 Å². The van der Waals surface area contributed by atoms with Gasteiger partial charge in [0.15, 0.2) is 11.5 Å². The topological polar surface area (TPSA) is 85.5 Å². The number of carbonyl (C=O) groups excluding carboxylic acids is 1. The Labute approximate surface area is 134 Å². The number of H-pyrrole nitrogens is 1. The number of amides is 1. The molecule has 1 aromatic carbocycles. The van der Waals surface area contributed by atoms with Crippen LogP contribution in [0, 0.1) is 0 Å². The number of carbonyl (C=O) groups is 1. The summed E-state index contributed by atoms with van der Waals surface area (Å²) in [6.07, 6.45) is 1.15. The summed E-state index contributed by atoms with van der Waals surface area (Å²) in [5.74, 6) is 1.22. The molecule has 0 bridgehead atoms. The summed E-state index contributed by atoms with van der Waals surface area (Å²) in [6.45, 7) is 2.05. The summed E-state index contributed by atoms with van der Waals surface area (Å²) < 4.78 is 15.3. The average molecular weight is 319 g/mol. The average Bonchev–Trinajstić information content (AvgIpc) is 2.97. The van der Waals surface area contributed by atoms with Crippen LogP contribution in [-0.2, 0) is 11.2 Å². The molecule has 124 valence electrons. The van der Waals surface area contributed by atoms with Crippen molar-refractivity contribution in [3.63, 3.8) is 0 Å². The standard InChI is InChI=1S/C16H21N3O4/c1-5-6-11-15(17-16(20)23-4)14(19-18-11)10-7-8-12(21-2)13(9-10)22-3/h7-9H,5-6H2,1-4H3,(H,17,20)(H,18,19). The number of methoxy groups -OCH3 is 3. The fraction of sp³-hybridized carbons (Fsp3) is 0.375. The molecule has 2 rings (SSSR count). The van der Waals surface area contributed by atoms with Crippen molar-refractivity contribution < 1.29 is 19.0 Å². The lowest BCUT2D eigenvalue weighted by Gasteiger charge is -2.10. The molecular weight excluding hydrogens is 298 g/mol. The van der Waals surface area contributed by atoms with Gasteiger partial charge in [-0.3, -0.25) is 10.4 Å². The van der Waals surface area contributed by atoms with E-state index >= 15 is 0 Å². The fourth-order valence-electron chi connectivity index (χ4n) is 2.29. The van der Waals surface area contributed by atoms with Crippen LogP contribution in [0.4, 0.5) is 10.5 Å². The van der Waals surface area contributed by atoms with E-state index in [-0.39, 0.29) is 0 Å². The van der Waals surface area contributed by atoms with Gasteiger partial charge < -0.3 is 14.2 Å². The molecule has 2 N–H and O–H groups in total. The summed E-state index contributed by atoms with van der Waals surface area (Å²) >= 11 is 0. The molecule has 23 heavy (non-hydrogen) atoms. The van der Waals surface area contributed by atoms with E-state index in [9.17, 15) is 4.79 Å². The predicted octanol–water partition coefficient (Wildman–Crippen LogP) is 3.22. The van der Waals surface area contributed by atoms with E-state index in [4.69, 9.17) is 14.2 Å². The number of hydrogen-bond acceptors (Lipinski definition) is 5. The van der Waals surface area contributed by atoms with Crippen molar-refractivity contribution in [1.29, 1.82) is 0 Å². The molecule has 0 saturated heterocycles. The van der Waals surface area contributed by atoms with Gasteiger partial charge in [-0.15, -0.1) is 0 Å². The highest BCUT2D eigenvalue weighted by Crippen LogP contribution is 2.35. The lowest BCUT2D eigenvalue weighted by Crippen LogP contribution is -2.12. The zero-order chi connectivity index (χ0) is 16.8. The Morgan fingerprint density at radius 1 is 1.22 bits per heavy atom. The van der Waals surface area contributed by atoms with Gasteiger partial charge in [-0.1, -0.05) is 13.3 Å². The van der Waals surface area contributed by atoms with Crippen LogP contribution in [-0.4, -0.2) is 37.6 Å². The van der Waals surface area contributed by atoms with Crippen molar-refractivity contribution in [2.24, 2.45) is 0 Å². The zero-order valence-electron chi connectivity index (χ0n) is 13.7. The normalized spacial score (nSPS) is 10.3. The van der Waals surface area contributed by atoms with E-state index < -0.39 is 6.09 Å². The first-order chi connectivity index (χ1) is 11.1. The van der Waals surface area contributed by atoms with Crippen molar-refractivity contribution in [3.05, 3.63) is 23.9 Å². The monoisotopic (exact) mass is 319 g/mol. The predicted molar refractivity (Wildman–Crippen MR) is 87.2 cm³/mol. The van der Waals surface area contributed by atoms with Gasteiger partial charge in [-0.25, -0.2) is 4.79 Å². The number of ether oxygens (including phenoxy) is 3. The molecule has 1 amide bonds. The Bertz CT molecular complexity index is 682. The minimum atomic E-state index is -0.537. The van der Waals surface area contributed by atoms with Gasteiger partial charge in [0.25, 0.3) is 0 Å². The molecule has 0 aliphatic carbocycles. The number of nitrogens with zero attached hydrogens (tertiary/aromatic N) is 1. The first-order valence-corrected chi connectivity index (χ1v) is 7.29. The molecule has 7 heteroatoms. The lowest BCUT2D eigenvalue weighted by molar-refractivity contribution is 0.187. The van der Waals surface area contributed by atoms with E-state index in [0.717, 1.165) is 24.1 Å². The van der Waals surface area contributed by atoms with Gasteiger partial charge in [0.1, 0.15) is 5.69 Å². The van der Waals surface area contributed by atoms with Crippen LogP contribution >= 0.6 is 0 Å². The van der Waals surface area contributed by atoms with Gasteiger partial charge in [0.2, 0.25) is 0 Å². The molecule has 0 unspecified atom stereocenters. The number of aryl methyl sites for hydroxylation is 1. The highest BCUT2D eigenvalue weighted by atomic mass is 16.5. The summed E-state index contributed by atoms with van der Waals surface area (Å²) in [6, 6.07) is 5.47. The van der Waals surface area contributed by atoms with E-state index in [1.54, 1.807) is 20.3 Å². The van der Waals surface area contributed by atoms with Crippen LogP contribution < -0.4 is 14.8 Å². The number of anilines is 1. The first kappa shape index (κ1) is 16.7. The molecule has 1 heterocycles. The summed E-state index contributed by atoms with van der Waals surface area (Å²) in [7, 11) is 4.48. The Balaban J connectivity index is 2.47. The highest BCUT2D eigenvalue weighted by Gasteiger charge is 2.18. The number of hydrogen-bond donors (Lipinski definition) is 2. The Morgan fingerprint density at radius 2 is 1.96 bits per heavy atom. The summed E-state index contributed by atoms with van der Waals surface area (Å²) in [4.78, 5) is 11.6. The smallest absolute Gasteiger partial charge is 0.411 e. The third-order valence-corrected chi connectivity index (χ3v) is 3.41. The fourth-order valence-corrected chi connectivity index (χ4v) is 2.29. The Morgan fingerprint density at radius 3 is 2.57 bits per heavy atom. The van der Waals surface area contributed by atoms with E-state index in [0.29, 0.717) is 22.9 Å². The minimum absolute atomic E-state index is 0.537. The molecule has 0 fully saturated rings. The molecule has 7 nitrogen and oxygen atoms in total. The number of nitrogens with one attached hydrogen (secondary N) is 2.